The minimum atomic E-state index is 0.324. The quantitative estimate of drug-likeness (QED) is 0.812. The van der Waals surface area contributed by atoms with Gasteiger partial charge in [-0.1, -0.05) is 54.1 Å². The van der Waals surface area contributed by atoms with Crippen LogP contribution >= 0.6 is 11.6 Å². The van der Waals surface area contributed by atoms with Crippen LogP contribution in [0.1, 0.15) is 28.2 Å². The zero-order valence-electron chi connectivity index (χ0n) is 10.1. The smallest absolute Gasteiger partial charge is 0.0851 e. The average Bonchev–Trinajstić information content (AvgIpc) is 2.54. The SMILES string of the molecule is [NH3+]C[C@@H]1c2ccccc2C=Cc2ccc(Cl)cc21. The highest BCUT2D eigenvalue weighted by molar-refractivity contribution is 6.30. The fraction of sp³-hybridized carbons (Fsp3) is 0.125. The minimum Gasteiger partial charge on any atom is -0.357 e. The highest BCUT2D eigenvalue weighted by Gasteiger charge is 2.21. The predicted octanol–water partition coefficient (Wildman–Crippen LogP) is 3.20. The Labute approximate surface area is 112 Å². The van der Waals surface area contributed by atoms with E-state index in [-0.39, 0.29) is 0 Å². The maximum absolute atomic E-state index is 6.13. The summed E-state index contributed by atoms with van der Waals surface area (Å²) in [6, 6.07) is 14.6. The van der Waals surface area contributed by atoms with Crippen molar-refractivity contribution in [2.24, 2.45) is 0 Å². The Hall–Kier alpha value is -1.57. The summed E-state index contributed by atoms with van der Waals surface area (Å²) in [6.45, 7) is 0.839. The second-order valence-corrected chi connectivity index (χ2v) is 5.01. The molecule has 0 saturated carbocycles. The summed E-state index contributed by atoms with van der Waals surface area (Å²) in [4.78, 5) is 0. The molecule has 0 heterocycles. The molecule has 1 nitrogen and oxygen atoms in total. The zero-order chi connectivity index (χ0) is 12.5. The van der Waals surface area contributed by atoms with Gasteiger partial charge >= 0.3 is 0 Å². The Balaban J connectivity index is 2.26. The number of fused-ring (bicyclic) bond motifs is 2. The van der Waals surface area contributed by atoms with Gasteiger partial charge in [0.05, 0.1) is 12.5 Å². The van der Waals surface area contributed by atoms with Crippen molar-refractivity contribution in [3.05, 3.63) is 69.7 Å². The summed E-state index contributed by atoms with van der Waals surface area (Å²) >= 11 is 6.13. The van der Waals surface area contributed by atoms with Crippen LogP contribution < -0.4 is 5.73 Å². The third-order valence-corrected chi connectivity index (χ3v) is 3.76. The maximum atomic E-state index is 6.13. The van der Waals surface area contributed by atoms with Gasteiger partial charge in [0, 0.05) is 5.02 Å². The molecular weight excluding hydrogens is 242 g/mol. The average molecular weight is 257 g/mol. The fourth-order valence-corrected chi connectivity index (χ4v) is 2.82. The molecule has 3 N–H and O–H groups in total. The molecule has 2 aromatic carbocycles. The molecule has 0 saturated heterocycles. The summed E-state index contributed by atoms with van der Waals surface area (Å²) in [7, 11) is 0. The molecule has 2 heteroatoms. The number of halogens is 1. The van der Waals surface area contributed by atoms with Gasteiger partial charge in [-0.15, -0.1) is 0 Å². The molecule has 0 aromatic heterocycles. The van der Waals surface area contributed by atoms with Gasteiger partial charge in [0.1, 0.15) is 0 Å². The highest BCUT2D eigenvalue weighted by Crippen LogP contribution is 2.34. The van der Waals surface area contributed by atoms with E-state index in [4.69, 9.17) is 11.6 Å². The summed E-state index contributed by atoms with van der Waals surface area (Å²) < 4.78 is 0. The van der Waals surface area contributed by atoms with Crippen molar-refractivity contribution in [1.29, 1.82) is 0 Å². The van der Waals surface area contributed by atoms with Crippen LogP contribution in [0.2, 0.25) is 5.02 Å². The lowest BCUT2D eigenvalue weighted by Crippen LogP contribution is -2.53. The van der Waals surface area contributed by atoms with Crippen LogP contribution in [0, 0.1) is 0 Å². The Morgan fingerprint density at radius 2 is 1.67 bits per heavy atom. The minimum absolute atomic E-state index is 0.324. The third kappa shape index (κ3) is 1.86. The predicted molar refractivity (Wildman–Crippen MR) is 76.4 cm³/mol. The second kappa shape index (κ2) is 4.60. The molecule has 18 heavy (non-hydrogen) atoms. The molecular formula is C16H15ClN+. The van der Waals surface area contributed by atoms with E-state index in [0.29, 0.717) is 5.92 Å². The van der Waals surface area contributed by atoms with Crippen LogP contribution in [0.3, 0.4) is 0 Å². The van der Waals surface area contributed by atoms with Gasteiger partial charge in [-0.05, 0) is 34.4 Å². The van der Waals surface area contributed by atoms with Crippen LogP contribution in [0.4, 0.5) is 0 Å². The monoisotopic (exact) mass is 256 g/mol. The number of benzene rings is 2. The Bertz CT molecular complexity index is 616. The second-order valence-electron chi connectivity index (χ2n) is 4.58. The summed E-state index contributed by atoms with van der Waals surface area (Å²) in [6.07, 6.45) is 4.35. The molecule has 2 aromatic rings. The van der Waals surface area contributed by atoms with E-state index in [0.717, 1.165) is 11.6 Å². The first kappa shape index (κ1) is 11.5. The van der Waals surface area contributed by atoms with E-state index >= 15 is 0 Å². The lowest BCUT2D eigenvalue weighted by Gasteiger charge is -2.16. The van der Waals surface area contributed by atoms with Gasteiger partial charge in [0.15, 0.2) is 0 Å². The first-order valence-corrected chi connectivity index (χ1v) is 6.53. The Morgan fingerprint density at radius 3 is 2.44 bits per heavy atom. The molecule has 1 atom stereocenters. The first-order valence-electron chi connectivity index (χ1n) is 6.15. The summed E-state index contributed by atoms with van der Waals surface area (Å²) in [5.41, 5.74) is 9.24. The van der Waals surface area contributed by atoms with Crippen molar-refractivity contribution < 1.29 is 5.73 Å². The van der Waals surface area contributed by atoms with E-state index in [2.05, 4.69) is 54.3 Å². The number of hydrogen-bond donors (Lipinski definition) is 1. The first-order chi connectivity index (χ1) is 8.79. The van der Waals surface area contributed by atoms with Gasteiger partial charge in [-0.25, -0.2) is 0 Å². The molecule has 1 aliphatic carbocycles. The van der Waals surface area contributed by atoms with Crippen molar-refractivity contribution in [2.75, 3.05) is 6.54 Å². The van der Waals surface area contributed by atoms with Gasteiger partial charge < -0.3 is 5.73 Å². The highest BCUT2D eigenvalue weighted by atomic mass is 35.5. The molecule has 1 aliphatic rings. The van der Waals surface area contributed by atoms with Crippen LogP contribution in [0.25, 0.3) is 12.2 Å². The normalized spacial score (nSPS) is 16.9. The van der Waals surface area contributed by atoms with Crippen LogP contribution in [-0.4, -0.2) is 6.54 Å². The summed E-state index contributed by atoms with van der Waals surface area (Å²) in [5.74, 6) is 0.324. The molecule has 3 rings (SSSR count). The molecule has 90 valence electrons. The largest absolute Gasteiger partial charge is 0.357 e. The van der Waals surface area contributed by atoms with Crippen molar-refractivity contribution in [3.63, 3.8) is 0 Å². The molecule has 0 spiro atoms. The van der Waals surface area contributed by atoms with Gasteiger partial charge in [-0.2, -0.15) is 0 Å². The van der Waals surface area contributed by atoms with Crippen LogP contribution in [-0.2, 0) is 0 Å². The molecule has 0 unspecified atom stereocenters. The lowest BCUT2D eigenvalue weighted by molar-refractivity contribution is -0.370. The standard InChI is InChI=1S/C16H14ClN/c17-13-8-7-12-6-5-11-3-1-2-4-14(11)16(10-18)15(12)9-13/h1-9,16H,10,18H2/p+1/t16-/m1/s1. The molecule has 0 bridgehead atoms. The number of rotatable bonds is 1. The maximum Gasteiger partial charge on any atom is 0.0851 e. The van der Waals surface area contributed by atoms with Gasteiger partial charge in [-0.3, -0.25) is 0 Å². The fourth-order valence-electron chi connectivity index (χ4n) is 2.64. The van der Waals surface area contributed by atoms with E-state index in [1.165, 1.54) is 22.3 Å². The van der Waals surface area contributed by atoms with Gasteiger partial charge in [0.2, 0.25) is 0 Å². The summed E-state index contributed by atoms with van der Waals surface area (Å²) in [5, 5.41) is 0.792. The molecule has 0 amide bonds. The number of hydrogen-bond acceptors (Lipinski definition) is 0. The molecule has 0 aliphatic heterocycles. The van der Waals surface area contributed by atoms with E-state index < -0.39 is 0 Å². The zero-order valence-corrected chi connectivity index (χ0v) is 10.8. The van der Waals surface area contributed by atoms with E-state index in [1.807, 2.05) is 6.07 Å². The van der Waals surface area contributed by atoms with Crippen LogP contribution in [0.15, 0.2) is 42.5 Å². The molecule has 0 radical (unpaired) electrons. The van der Waals surface area contributed by atoms with Gasteiger partial charge in [0.25, 0.3) is 0 Å². The van der Waals surface area contributed by atoms with Crippen LogP contribution in [0.5, 0.6) is 0 Å². The Morgan fingerprint density at radius 1 is 0.944 bits per heavy atom. The van der Waals surface area contributed by atoms with E-state index in [9.17, 15) is 0 Å². The third-order valence-electron chi connectivity index (χ3n) is 3.53. The van der Waals surface area contributed by atoms with Crippen molar-refractivity contribution in [3.8, 4) is 0 Å². The van der Waals surface area contributed by atoms with E-state index in [1.54, 1.807) is 0 Å². The van der Waals surface area contributed by atoms with Crippen molar-refractivity contribution in [2.45, 2.75) is 5.92 Å². The number of quaternary nitrogens is 1. The topological polar surface area (TPSA) is 27.6 Å². The Kier molecular flexibility index (Phi) is 2.94. The van der Waals surface area contributed by atoms with Crippen molar-refractivity contribution >= 4 is 23.8 Å². The lowest BCUT2D eigenvalue weighted by atomic mass is 9.88. The van der Waals surface area contributed by atoms with Crippen molar-refractivity contribution in [1.82, 2.24) is 0 Å². The molecule has 0 fully saturated rings.